The Morgan fingerprint density at radius 2 is 2.00 bits per heavy atom. The highest BCUT2D eigenvalue weighted by Crippen LogP contribution is 2.34. The predicted molar refractivity (Wildman–Crippen MR) is 77.4 cm³/mol. The van der Waals surface area contributed by atoms with Gasteiger partial charge in [0.2, 0.25) is 0 Å². The molecule has 0 aliphatic carbocycles. The molecule has 1 N–H and O–H groups in total. The number of hydrogen-bond donors (Lipinski definition) is 1. The highest BCUT2D eigenvalue weighted by molar-refractivity contribution is 9.10. The Balaban J connectivity index is 2.39. The third-order valence-electron chi connectivity index (χ3n) is 2.11. The molecule has 17 heavy (non-hydrogen) atoms. The quantitative estimate of drug-likeness (QED) is 0.607. The lowest BCUT2D eigenvalue weighted by molar-refractivity contribution is 0.306. The molecule has 1 rings (SSSR count). The van der Waals surface area contributed by atoms with Gasteiger partial charge in [0.15, 0.2) is 0 Å². The first kappa shape index (κ1) is 15.1. The molecule has 0 unspecified atom stereocenters. The van der Waals surface area contributed by atoms with Gasteiger partial charge in [-0.3, -0.25) is 0 Å². The van der Waals surface area contributed by atoms with Gasteiger partial charge in [-0.2, -0.15) is 0 Å². The molecule has 96 valence electrons. The lowest BCUT2D eigenvalue weighted by Gasteiger charge is -2.11. The van der Waals surface area contributed by atoms with E-state index in [2.05, 4.69) is 35.1 Å². The third-order valence-corrected chi connectivity index (χ3v) is 3.60. The highest BCUT2D eigenvalue weighted by atomic mass is 79.9. The number of hydrogen-bond acceptors (Lipinski definition) is 2. The summed E-state index contributed by atoms with van der Waals surface area (Å²) in [5, 5.41) is 4.49. The molecule has 0 atom stereocenters. The fourth-order valence-corrected chi connectivity index (χ4v) is 2.11. The van der Waals surface area contributed by atoms with Crippen LogP contribution in [0.5, 0.6) is 5.75 Å². The highest BCUT2D eigenvalue weighted by Gasteiger charge is 2.06. The van der Waals surface area contributed by atoms with Crippen LogP contribution in [-0.2, 0) is 0 Å². The van der Waals surface area contributed by atoms with Crippen LogP contribution < -0.4 is 10.1 Å². The minimum atomic E-state index is 0.501. The number of benzene rings is 1. The molecule has 0 fully saturated rings. The molecule has 0 aliphatic heterocycles. The Bertz CT molecular complexity index is 372. The second-order valence-electron chi connectivity index (χ2n) is 4.01. The van der Waals surface area contributed by atoms with E-state index in [1.165, 1.54) is 0 Å². The van der Waals surface area contributed by atoms with Crippen molar-refractivity contribution in [2.45, 2.75) is 26.3 Å². The molecule has 0 spiro atoms. The van der Waals surface area contributed by atoms with Crippen LogP contribution in [0.1, 0.15) is 20.3 Å². The Morgan fingerprint density at radius 3 is 2.65 bits per heavy atom. The predicted octanol–water partition coefficient (Wildman–Crippen LogP) is 4.52. The first-order valence-corrected chi connectivity index (χ1v) is 7.06. The molecule has 0 heterocycles. The average molecular weight is 341 g/mol. The Kier molecular flexibility index (Phi) is 6.63. The van der Waals surface area contributed by atoms with Crippen LogP contribution in [0, 0.1) is 0 Å². The molecule has 0 bridgehead atoms. The van der Waals surface area contributed by atoms with Crippen molar-refractivity contribution >= 4 is 39.1 Å². The molecule has 0 aliphatic rings. The van der Waals surface area contributed by atoms with Gasteiger partial charge < -0.3 is 10.1 Å². The van der Waals surface area contributed by atoms with Crippen LogP contribution in [-0.4, -0.2) is 19.2 Å². The zero-order valence-corrected chi connectivity index (χ0v) is 13.0. The topological polar surface area (TPSA) is 21.3 Å². The smallest absolute Gasteiger partial charge is 0.139 e. The lowest BCUT2D eigenvalue weighted by Crippen LogP contribution is -2.24. The van der Waals surface area contributed by atoms with E-state index >= 15 is 0 Å². The summed E-state index contributed by atoms with van der Waals surface area (Å²) in [4.78, 5) is 0. The van der Waals surface area contributed by atoms with Crippen molar-refractivity contribution in [1.29, 1.82) is 0 Å². The number of nitrogens with one attached hydrogen (secondary N) is 1. The van der Waals surface area contributed by atoms with E-state index in [-0.39, 0.29) is 0 Å². The van der Waals surface area contributed by atoms with Crippen molar-refractivity contribution in [1.82, 2.24) is 5.32 Å². The SMILES string of the molecule is CC(C)NCCCOc1cc(Cl)c(Br)cc1Cl. The van der Waals surface area contributed by atoms with Gasteiger partial charge in [0.1, 0.15) is 5.75 Å². The van der Waals surface area contributed by atoms with Crippen molar-refractivity contribution in [3.05, 3.63) is 26.7 Å². The molecule has 2 nitrogen and oxygen atoms in total. The van der Waals surface area contributed by atoms with Gasteiger partial charge in [0, 0.05) is 16.6 Å². The number of ether oxygens (including phenoxy) is 1. The van der Waals surface area contributed by atoms with Gasteiger partial charge in [-0.05, 0) is 35.0 Å². The maximum absolute atomic E-state index is 6.04. The summed E-state index contributed by atoms with van der Waals surface area (Å²) < 4.78 is 6.35. The van der Waals surface area contributed by atoms with Crippen molar-refractivity contribution in [3.63, 3.8) is 0 Å². The summed E-state index contributed by atoms with van der Waals surface area (Å²) in [5.74, 6) is 0.629. The Labute approximate surface area is 121 Å². The van der Waals surface area contributed by atoms with Crippen molar-refractivity contribution in [2.75, 3.05) is 13.2 Å². The van der Waals surface area contributed by atoms with Crippen LogP contribution in [0.25, 0.3) is 0 Å². The normalized spacial score (nSPS) is 10.9. The minimum Gasteiger partial charge on any atom is -0.492 e. The van der Waals surface area contributed by atoms with Gasteiger partial charge in [0.25, 0.3) is 0 Å². The summed E-state index contributed by atoms with van der Waals surface area (Å²) in [5.41, 5.74) is 0. The summed E-state index contributed by atoms with van der Waals surface area (Å²) in [6, 6.07) is 3.97. The molecule has 5 heteroatoms. The second kappa shape index (κ2) is 7.47. The molecule has 0 saturated carbocycles. The maximum atomic E-state index is 6.04. The standard InChI is InChI=1S/C12H16BrCl2NO/c1-8(2)16-4-3-5-17-12-7-10(14)9(13)6-11(12)15/h6-8,16H,3-5H2,1-2H3. The summed E-state index contributed by atoms with van der Waals surface area (Å²) >= 11 is 15.3. The molecule has 0 aromatic heterocycles. The van der Waals surface area contributed by atoms with E-state index in [4.69, 9.17) is 27.9 Å². The Hall–Kier alpha value is 0.0400. The van der Waals surface area contributed by atoms with Crippen LogP contribution in [0.4, 0.5) is 0 Å². The maximum Gasteiger partial charge on any atom is 0.139 e. The fourth-order valence-electron chi connectivity index (χ4n) is 1.26. The van der Waals surface area contributed by atoms with Crippen LogP contribution in [0.3, 0.4) is 0 Å². The zero-order valence-electron chi connectivity index (χ0n) is 9.90. The molecule has 0 radical (unpaired) electrons. The summed E-state index contributed by atoms with van der Waals surface area (Å²) in [6.45, 7) is 5.79. The average Bonchev–Trinajstić information content (AvgIpc) is 2.24. The molecule has 0 saturated heterocycles. The first-order valence-electron chi connectivity index (χ1n) is 5.51. The number of halogens is 3. The van der Waals surface area contributed by atoms with E-state index < -0.39 is 0 Å². The van der Waals surface area contributed by atoms with Gasteiger partial charge in [-0.25, -0.2) is 0 Å². The largest absolute Gasteiger partial charge is 0.492 e. The van der Waals surface area contributed by atoms with Crippen molar-refractivity contribution < 1.29 is 4.74 Å². The van der Waals surface area contributed by atoms with E-state index in [1.807, 2.05) is 0 Å². The van der Waals surface area contributed by atoms with Crippen molar-refractivity contribution in [3.8, 4) is 5.75 Å². The van der Waals surface area contributed by atoms with Gasteiger partial charge in [-0.1, -0.05) is 37.0 Å². The third kappa shape index (κ3) is 5.47. The molecular weight excluding hydrogens is 325 g/mol. The monoisotopic (exact) mass is 339 g/mol. The van der Waals surface area contributed by atoms with Crippen LogP contribution in [0.15, 0.2) is 16.6 Å². The van der Waals surface area contributed by atoms with E-state index in [0.717, 1.165) is 17.4 Å². The van der Waals surface area contributed by atoms with Crippen LogP contribution >= 0.6 is 39.1 Å². The molecular formula is C12H16BrCl2NO. The number of rotatable bonds is 6. The van der Waals surface area contributed by atoms with E-state index in [1.54, 1.807) is 12.1 Å². The summed E-state index contributed by atoms with van der Waals surface area (Å²) in [6.07, 6.45) is 0.933. The van der Waals surface area contributed by atoms with Crippen LogP contribution in [0.2, 0.25) is 10.0 Å². The lowest BCUT2D eigenvalue weighted by atomic mass is 10.3. The van der Waals surface area contributed by atoms with Gasteiger partial charge in [-0.15, -0.1) is 0 Å². The minimum absolute atomic E-state index is 0.501. The molecule has 1 aromatic carbocycles. The van der Waals surface area contributed by atoms with Gasteiger partial charge >= 0.3 is 0 Å². The molecule has 0 amide bonds. The zero-order chi connectivity index (χ0) is 12.8. The second-order valence-corrected chi connectivity index (χ2v) is 5.68. The Morgan fingerprint density at radius 1 is 1.29 bits per heavy atom. The molecule has 1 aromatic rings. The van der Waals surface area contributed by atoms with E-state index in [9.17, 15) is 0 Å². The first-order chi connectivity index (χ1) is 8.00. The summed E-state index contributed by atoms with van der Waals surface area (Å²) in [7, 11) is 0. The van der Waals surface area contributed by atoms with E-state index in [0.29, 0.717) is 28.4 Å². The fraction of sp³-hybridized carbons (Fsp3) is 0.500. The van der Waals surface area contributed by atoms with Gasteiger partial charge in [0.05, 0.1) is 16.7 Å². The van der Waals surface area contributed by atoms with Crippen molar-refractivity contribution in [2.24, 2.45) is 0 Å².